The highest BCUT2D eigenvalue weighted by Crippen LogP contribution is 2.29. The third-order valence-corrected chi connectivity index (χ3v) is 2.46. The van der Waals surface area contributed by atoms with E-state index in [2.05, 4.69) is 5.10 Å². The van der Waals surface area contributed by atoms with Gasteiger partial charge in [0.05, 0.1) is 12.1 Å². The first-order valence-electron chi connectivity index (χ1n) is 5.29. The van der Waals surface area contributed by atoms with Crippen LogP contribution in [0, 0.1) is 0 Å². The summed E-state index contributed by atoms with van der Waals surface area (Å²) in [4.78, 5) is 10.6. The Balaban J connectivity index is 2.21. The quantitative estimate of drug-likeness (QED) is 0.932. The van der Waals surface area contributed by atoms with Crippen molar-refractivity contribution in [3.8, 4) is 0 Å². The van der Waals surface area contributed by atoms with E-state index >= 15 is 0 Å². The second-order valence-electron chi connectivity index (χ2n) is 3.90. The molecule has 2 rings (SSSR count). The Hall–Kier alpha value is -2.31. The van der Waals surface area contributed by atoms with Crippen LogP contribution in [0.4, 0.5) is 13.2 Å². The van der Waals surface area contributed by atoms with Gasteiger partial charge >= 0.3 is 12.1 Å². The molecule has 0 unspecified atom stereocenters. The third kappa shape index (κ3) is 3.12. The Labute approximate surface area is 106 Å². The smallest absolute Gasteiger partial charge is 0.416 e. The number of benzene rings is 1. The second kappa shape index (κ2) is 4.75. The number of rotatable bonds is 3. The maximum Gasteiger partial charge on any atom is 0.416 e. The minimum Gasteiger partial charge on any atom is -0.476 e. The molecule has 100 valence electrons. The molecule has 1 aromatic carbocycles. The number of hydrogen-bond donors (Lipinski definition) is 1. The topological polar surface area (TPSA) is 55.1 Å². The molecule has 0 atom stereocenters. The van der Waals surface area contributed by atoms with Crippen molar-refractivity contribution < 1.29 is 23.1 Å². The van der Waals surface area contributed by atoms with Gasteiger partial charge in [-0.2, -0.15) is 18.3 Å². The molecule has 1 aromatic heterocycles. The fourth-order valence-corrected chi connectivity index (χ4v) is 1.60. The van der Waals surface area contributed by atoms with Gasteiger partial charge < -0.3 is 5.11 Å². The molecule has 1 heterocycles. The van der Waals surface area contributed by atoms with E-state index in [9.17, 15) is 18.0 Å². The molecule has 0 aliphatic heterocycles. The summed E-state index contributed by atoms with van der Waals surface area (Å²) in [6.45, 7) is 0.0806. The third-order valence-electron chi connectivity index (χ3n) is 2.46. The van der Waals surface area contributed by atoms with Gasteiger partial charge in [0.15, 0.2) is 5.69 Å². The molecule has 0 radical (unpaired) electrons. The van der Waals surface area contributed by atoms with Gasteiger partial charge in [0, 0.05) is 6.20 Å². The van der Waals surface area contributed by atoms with Gasteiger partial charge in [-0.25, -0.2) is 4.79 Å². The second-order valence-corrected chi connectivity index (χ2v) is 3.90. The van der Waals surface area contributed by atoms with Crippen molar-refractivity contribution in [1.29, 1.82) is 0 Å². The number of carboxylic acids is 1. The number of aromatic carboxylic acids is 1. The summed E-state index contributed by atoms with van der Waals surface area (Å²) in [6, 6.07) is 6.12. The Kier molecular flexibility index (Phi) is 3.28. The van der Waals surface area contributed by atoms with Crippen molar-refractivity contribution in [1.82, 2.24) is 9.78 Å². The highest BCUT2D eigenvalue weighted by molar-refractivity contribution is 5.85. The lowest BCUT2D eigenvalue weighted by atomic mass is 10.1. The summed E-state index contributed by atoms with van der Waals surface area (Å²) in [5.41, 5.74) is -0.488. The van der Waals surface area contributed by atoms with E-state index in [4.69, 9.17) is 5.11 Å². The van der Waals surface area contributed by atoms with Crippen LogP contribution in [-0.4, -0.2) is 20.9 Å². The Morgan fingerprint density at radius 1 is 1.32 bits per heavy atom. The van der Waals surface area contributed by atoms with E-state index in [1.165, 1.54) is 29.1 Å². The molecule has 7 heteroatoms. The van der Waals surface area contributed by atoms with E-state index in [0.717, 1.165) is 12.1 Å². The molecule has 4 nitrogen and oxygen atoms in total. The van der Waals surface area contributed by atoms with Gasteiger partial charge in [0.25, 0.3) is 0 Å². The van der Waals surface area contributed by atoms with Crippen LogP contribution in [0.25, 0.3) is 0 Å². The summed E-state index contributed by atoms with van der Waals surface area (Å²) >= 11 is 0. The summed E-state index contributed by atoms with van der Waals surface area (Å²) in [5.74, 6) is -1.18. The fourth-order valence-electron chi connectivity index (χ4n) is 1.60. The minimum atomic E-state index is -4.40. The first-order valence-corrected chi connectivity index (χ1v) is 5.29. The SMILES string of the molecule is O=C(O)c1ccn(Cc2cccc(C(F)(F)F)c2)n1. The van der Waals surface area contributed by atoms with E-state index in [0.29, 0.717) is 5.56 Å². The van der Waals surface area contributed by atoms with Crippen LogP contribution in [0.15, 0.2) is 36.5 Å². The van der Waals surface area contributed by atoms with Gasteiger partial charge in [0.1, 0.15) is 0 Å². The van der Waals surface area contributed by atoms with Crippen molar-refractivity contribution >= 4 is 5.97 Å². The number of alkyl halides is 3. The molecule has 1 N–H and O–H groups in total. The molecular formula is C12H9F3N2O2. The molecule has 0 bridgehead atoms. The maximum absolute atomic E-state index is 12.5. The zero-order valence-corrected chi connectivity index (χ0v) is 9.55. The van der Waals surface area contributed by atoms with Gasteiger partial charge in [-0.15, -0.1) is 0 Å². The monoisotopic (exact) mass is 270 g/mol. The van der Waals surface area contributed by atoms with Gasteiger partial charge in [-0.1, -0.05) is 12.1 Å². The number of aromatic nitrogens is 2. The molecule has 0 amide bonds. The van der Waals surface area contributed by atoms with Crippen molar-refractivity contribution in [2.24, 2.45) is 0 Å². The fraction of sp³-hybridized carbons (Fsp3) is 0.167. The molecular weight excluding hydrogens is 261 g/mol. The van der Waals surface area contributed by atoms with Crippen LogP contribution in [0.5, 0.6) is 0 Å². The number of hydrogen-bond acceptors (Lipinski definition) is 2. The molecule has 0 saturated heterocycles. The minimum absolute atomic E-state index is 0.0806. The van der Waals surface area contributed by atoms with Crippen LogP contribution < -0.4 is 0 Å². The summed E-state index contributed by atoms with van der Waals surface area (Å²) in [6.07, 6.45) is -2.99. The highest BCUT2D eigenvalue weighted by Gasteiger charge is 2.30. The molecule has 0 spiro atoms. The zero-order chi connectivity index (χ0) is 14.0. The molecule has 19 heavy (non-hydrogen) atoms. The average Bonchev–Trinajstić information content (AvgIpc) is 2.77. The van der Waals surface area contributed by atoms with Crippen molar-refractivity contribution in [3.63, 3.8) is 0 Å². The van der Waals surface area contributed by atoms with Crippen LogP contribution in [0.2, 0.25) is 0 Å². The first kappa shape index (κ1) is 13.1. The summed E-state index contributed by atoms with van der Waals surface area (Å²) < 4.78 is 38.8. The maximum atomic E-state index is 12.5. The predicted octanol–water partition coefficient (Wildman–Crippen LogP) is 2.65. The van der Waals surface area contributed by atoms with E-state index in [-0.39, 0.29) is 12.2 Å². The zero-order valence-electron chi connectivity index (χ0n) is 9.55. The standard InChI is InChI=1S/C12H9F3N2O2/c13-12(14,15)9-3-1-2-8(6-9)7-17-5-4-10(16-17)11(18)19/h1-6H,7H2,(H,18,19). The van der Waals surface area contributed by atoms with Crippen molar-refractivity contribution in [2.45, 2.75) is 12.7 Å². The van der Waals surface area contributed by atoms with E-state index in [1.807, 2.05) is 0 Å². The molecule has 0 aliphatic rings. The van der Waals surface area contributed by atoms with Crippen molar-refractivity contribution in [3.05, 3.63) is 53.3 Å². The predicted molar refractivity (Wildman–Crippen MR) is 59.7 cm³/mol. The lowest BCUT2D eigenvalue weighted by Gasteiger charge is -2.08. The van der Waals surface area contributed by atoms with Crippen LogP contribution >= 0.6 is 0 Å². The lowest BCUT2D eigenvalue weighted by Crippen LogP contribution is -2.07. The summed E-state index contributed by atoms with van der Waals surface area (Å²) in [7, 11) is 0. The van der Waals surface area contributed by atoms with Gasteiger partial charge in [0.2, 0.25) is 0 Å². The Morgan fingerprint density at radius 3 is 2.63 bits per heavy atom. The number of halogens is 3. The van der Waals surface area contributed by atoms with E-state index < -0.39 is 17.7 Å². The molecule has 0 saturated carbocycles. The van der Waals surface area contributed by atoms with E-state index in [1.54, 1.807) is 0 Å². The summed E-state index contributed by atoms with van der Waals surface area (Å²) in [5, 5.41) is 12.4. The largest absolute Gasteiger partial charge is 0.476 e. The Morgan fingerprint density at radius 2 is 2.05 bits per heavy atom. The lowest BCUT2D eigenvalue weighted by molar-refractivity contribution is -0.137. The number of carboxylic acid groups (broad SMARTS) is 1. The van der Waals surface area contributed by atoms with Crippen molar-refractivity contribution in [2.75, 3.05) is 0 Å². The van der Waals surface area contributed by atoms with Crippen LogP contribution in [-0.2, 0) is 12.7 Å². The molecule has 0 aliphatic carbocycles. The van der Waals surface area contributed by atoms with Gasteiger partial charge in [-0.05, 0) is 23.8 Å². The van der Waals surface area contributed by atoms with Gasteiger partial charge in [-0.3, -0.25) is 4.68 Å². The van der Waals surface area contributed by atoms with Crippen LogP contribution in [0.3, 0.4) is 0 Å². The average molecular weight is 270 g/mol. The molecule has 0 fully saturated rings. The van der Waals surface area contributed by atoms with Crippen LogP contribution in [0.1, 0.15) is 21.6 Å². The Bertz CT molecular complexity index is 605. The first-order chi connectivity index (χ1) is 8.86. The number of nitrogens with zero attached hydrogens (tertiary/aromatic N) is 2. The highest BCUT2D eigenvalue weighted by atomic mass is 19.4. The normalized spacial score (nSPS) is 11.5. The number of carbonyl (C=O) groups is 1. The molecule has 2 aromatic rings.